The molecule has 1 saturated carbocycles. The minimum absolute atomic E-state index is 0.240. The Morgan fingerprint density at radius 2 is 1.64 bits per heavy atom. The molecule has 0 bridgehead atoms. The van der Waals surface area contributed by atoms with Crippen LogP contribution < -0.4 is 9.47 Å². The van der Waals surface area contributed by atoms with Gasteiger partial charge in [0.25, 0.3) is 0 Å². The number of rotatable bonds is 10. The van der Waals surface area contributed by atoms with E-state index < -0.39 is 23.4 Å². The van der Waals surface area contributed by atoms with Gasteiger partial charge in [-0.25, -0.2) is 9.18 Å². The minimum Gasteiger partial charge on any atom is -0.493 e. The summed E-state index contributed by atoms with van der Waals surface area (Å²) in [5.41, 5.74) is 0.549. The third-order valence-corrected chi connectivity index (χ3v) is 6.83. The van der Waals surface area contributed by atoms with E-state index in [1.54, 1.807) is 24.3 Å². The second-order valence-corrected chi connectivity index (χ2v) is 9.47. The van der Waals surface area contributed by atoms with E-state index in [1.165, 1.54) is 50.7 Å². The van der Waals surface area contributed by atoms with Gasteiger partial charge in [0.15, 0.2) is 11.6 Å². The van der Waals surface area contributed by atoms with Crippen LogP contribution in [0, 0.1) is 29.4 Å². The van der Waals surface area contributed by atoms with Crippen molar-refractivity contribution in [3.05, 3.63) is 59.2 Å². The first kappa shape index (κ1) is 25.2. The van der Waals surface area contributed by atoms with Crippen molar-refractivity contribution < 1.29 is 23.0 Å². The van der Waals surface area contributed by atoms with Gasteiger partial charge in [0.1, 0.15) is 5.75 Å². The predicted molar refractivity (Wildman–Crippen MR) is 127 cm³/mol. The second-order valence-electron chi connectivity index (χ2n) is 9.47. The third kappa shape index (κ3) is 7.02. The fourth-order valence-electron chi connectivity index (χ4n) is 4.48. The Labute approximate surface area is 196 Å². The molecule has 5 heteroatoms. The van der Waals surface area contributed by atoms with Crippen LogP contribution in [0.4, 0.5) is 8.78 Å². The zero-order chi connectivity index (χ0) is 23.8. The van der Waals surface area contributed by atoms with Crippen molar-refractivity contribution in [2.24, 2.45) is 17.8 Å². The highest BCUT2D eigenvalue weighted by atomic mass is 19.2. The Bertz CT molecular complexity index is 902. The summed E-state index contributed by atoms with van der Waals surface area (Å²) in [4.78, 5) is 12.4. The molecular formula is C28H36F2O3. The number of carbonyl (C=O) groups excluding carboxylic acids is 1. The molecule has 0 amide bonds. The summed E-state index contributed by atoms with van der Waals surface area (Å²) in [6.45, 7) is 6.91. The minimum atomic E-state index is -1.13. The Morgan fingerprint density at radius 3 is 2.27 bits per heavy atom. The van der Waals surface area contributed by atoms with Gasteiger partial charge in [-0.3, -0.25) is 0 Å². The molecule has 0 aromatic heterocycles. The van der Waals surface area contributed by atoms with Crippen LogP contribution in [0.15, 0.2) is 36.4 Å². The number of benzene rings is 2. The standard InChI is InChI=1S/C28H36F2O3/c1-4-6-20-7-9-21(10-8-20)18-32-24-14-11-22(12-15-24)28(31)33-25-16-13-23(17-19(3)5-2)26(29)27(25)30/h11-16,19-21H,4-10,17-18H2,1-3H3. The summed E-state index contributed by atoms with van der Waals surface area (Å²) in [5, 5.41) is 0. The van der Waals surface area contributed by atoms with E-state index in [9.17, 15) is 13.6 Å². The lowest BCUT2D eigenvalue weighted by Gasteiger charge is -2.28. The molecule has 180 valence electrons. The van der Waals surface area contributed by atoms with Crippen molar-refractivity contribution in [2.75, 3.05) is 6.61 Å². The molecule has 2 aromatic carbocycles. The van der Waals surface area contributed by atoms with Crippen LogP contribution in [0.25, 0.3) is 0 Å². The summed E-state index contributed by atoms with van der Waals surface area (Å²) < 4.78 is 39.9. The highest BCUT2D eigenvalue weighted by Crippen LogP contribution is 2.32. The third-order valence-electron chi connectivity index (χ3n) is 6.83. The molecule has 1 aliphatic rings. The quantitative estimate of drug-likeness (QED) is 0.270. The smallest absolute Gasteiger partial charge is 0.343 e. The first-order valence-electron chi connectivity index (χ1n) is 12.3. The molecule has 1 aliphatic carbocycles. The van der Waals surface area contributed by atoms with Gasteiger partial charge in [-0.1, -0.05) is 58.9 Å². The van der Waals surface area contributed by atoms with Crippen LogP contribution in [0.3, 0.4) is 0 Å². The second kappa shape index (κ2) is 12.2. The summed E-state index contributed by atoms with van der Waals surface area (Å²) in [6.07, 6.45) is 8.86. The van der Waals surface area contributed by atoms with Crippen molar-refractivity contribution >= 4 is 5.97 Å². The number of halogens is 2. The maximum absolute atomic E-state index is 14.4. The van der Waals surface area contributed by atoms with Crippen LogP contribution in [0.2, 0.25) is 0 Å². The lowest BCUT2D eigenvalue weighted by molar-refractivity contribution is 0.0726. The van der Waals surface area contributed by atoms with Gasteiger partial charge in [0.05, 0.1) is 12.2 Å². The van der Waals surface area contributed by atoms with Crippen molar-refractivity contribution in [3.63, 3.8) is 0 Å². The molecule has 0 radical (unpaired) electrons. The van der Waals surface area contributed by atoms with Gasteiger partial charge in [-0.2, -0.15) is 4.39 Å². The van der Waals surface area contributed by atoms with E-state index in [0.29, 0.717) is 30.3 Å². The van der Waals surface area contributed by atoms with Crippen molar-refractivity contribution in [2.45, 2.75) is 72.1 Å². The highest BCUT2D eigenvalue weighted by Gasteiger charge is 2.21. The number of ether oxygens (including phenoxy) is 2. The van der Waals surface area contributed by atoms with Gasteiger partial charge < -0.3 is 9.47 Å². The molecule has 3 nitrogen and oxygen atoms in total. The SMILES string of the molecule is CCCC1CCC(COc2ccc(C(=O)Oc3ccc(CC(C)CC)c(F)c3F)cc2)CC1. The molecule has 0 aliphatic heterocycles. The van der Waals surface area contributed by atoms with E-state index in [-0.39, 0.29) is 11.5 Å². The molecule has 0 N–H and O–H groups in total. The van der Waals surface area contributed by atoms with Crippen LogP contribution >= 0.6 is 0 Å². The highest BCUT2D eigenvalue weighted by molar-refractivity contribution is 5.91. The zero-order valence-electron chi connectivity index (χ0n) is 20.0. The van der Waals surface area contributed by atoms with Crippen LogP contribution in [0.5, 0.6) is 11.5 Å². The van der Waals surface area contributed by atoms with Gasteiger partial charge in [-0.15, -0.1) is 0 Å². The number of carbonyl (C=O) groups is 1. The molecule has 0 saturated heterocycles. The van der Waals surface area contributed by atoms with E-state index in [1.807, 2.05) is 13.8 Å². The van der Waals surface area contributed by atoms with Gasteiger partial charge in [0, 0.05) is 0 Å². The number of hydrogen-bond acceptors (Lipinski definition) is 3. The van der Waals surface area contributed by atoms with Crippen LogP contribution in [-0.2, 0) is 6.42 Å². The van der Waals surface area contributed by atoms with Gasteiger partial charge in [0.2, 0.25) is 5.82 Å². The summed E-state index contributed by atoms with van der Waals surface area (Å²) >= 11 is 0. The van der Waals surface area contributed by atoms with E-state index in [4.69, 9.17) is 9.47 Å². The molecule has 33 heavy (non-hydrogen) atoms. The lowest BCUT2D eigenvalue weighted by atomic mass is 9.80. The Hall–Kier alpha value is -2.43. The normalized spacial score (nSPS) is 19.2. The lowest BCUT2D eigenvalue weighted by Crippen LogP contribution is -2.20. The Morgan fingerprint density at radius 1 is 0.970 bits per heavy atom. The molecule has 1 unspecified atom stereocenters. The summed E-state index contributed by atoms with van der Waals surface area (Å²) in [5.74, 6) is -0.841. The van der Waals surface area contributed by atoms with Crippen LogP contribution in [-0.4, -0.2) is 12.6 Å². The average molecular weight is 459 g/mol. The first-order chi connectivity index (χ1) is 15.9. The van der Waals surface area contributed by atoms with Crippen molar-refractivity contribution in [1.29, 1.82) is 0 Å². The molecular weight excluding hydrogens is 422 g/mol. The fraction of sp³-hybridized carbons (Fsp3) is 0.536. The Kier molecular flexibility index (Phi) is 9.28. The molecule has 1 atom stereocenters. The zero-order valence-corrected chi connectivity index (χ0v) is 20.0. The topological polar surface area (TPSA) is 35.5 Å². The maximum Gasteiger partial charge on any atom is 0.343 e. The number of esters is 1. The maximum atomic E-state index is 14.4. The average Bonchev–Trinajstić information content (AvgIpc) is 2.83. The predicted octanol–water partition coefficient (Wildman–Crippen LogP) is 7.76. The van der Waals surface area contributed by atoms with Gasteiger partial charge in [-0.05, 0) is 72.9 Å². The van der Waals surface area contributed by atoms with Crippen molar-refractivity contribution in [3.8, 4) is 11.5 Å². The monoisotopic (exact) mass is 458 g/mol. The first-order valence-corrected chi connectivity index (χ1v) is 12.3. The molecule has 1 fully saturated rings. The van der Waals surface area contributed by atoms with Crippen LogP contribution in [0.1, 0.15) is 81.6 Å². The summed E-state index contributed by atoms with van der Waals surface area (Å²) in [6, 6.07) is 9.40. The number of hydrogen-bond donors (Lipinski definition) is 0. The van der Waals surface area contributed by atoms with E-state index in [2.05, 4.69) is 6.92 Å². The van der Waals surface area contributed by atoms with Crippen molar-refractivity contribution in [1.82, 2.24) is 0 Å². The van der Waals surface area contributed by atoms with Gasteiger partial charge >= 0.3 is 5.97 Å². The molecule has 0 heterocycles. The van der Waals surface area contributed by atoms with E-state index >= 15 is 0 Å². The van der Waals surface area contributed by atoms with E-state index in [0.717, 1.165) is 12.3 Å². The Balaban J connectivity index is 1.53. The molecule has 3 rings (SSSR count). The summed E-state index contributed by atoms with van der Waals surface area (Å²) in [7, 11) is 0. The fourth-order valence-corrected chi connectivity index (χ4v) is 4.48. The largest absolute Gasteiger partial charge is 0.493 e. The molecule has 2 aromatic rings. The molecule has 0 spiro atoms.